The number of carbonyl (C=O) groups is 1. The maximum Gasteiger partial charge on any atom is 0.258 e. The largest absolute Gasteiger partial charge is 0.336 e. The van der Waals surface area contributed by atoms with Crippen LogP contribution in [0, 0.1) is 5.41 Å². The average Bonchev–Trinajstić information content (AvgIpc) is 3.40. The van der Waals surface area contributed by atoms with Crippen LogP contribution in [0.25, 0.3) is 4.96 Å². The van der Waals surface area contributed by atoms with Gasteiger partial charge in [0.05, 0.1) is 23.3 Å². The molecule has 0 aromatic carbocycles. The first-order chi connectivity index (χ1) is 13.6. The molecule has 2 aliphatic heterocycles. The van der Waals surface area contributed by atoms with Crippen LogP contribution >= 0.6 is 11.3 Å². The zero-order valence-electron chi connectivity index (χ0n) is 15.5. The zero-order chi connectivity index (χ0) is 19.1. The summed E-state index contributed by atoms with van der Waals surface area (Å²) >= 11 is 1.46. The number of fused-ring (bicyclic) bond motifs is 1. The Bertz CT molecular complexity index is 1080. The van der Waals surface area contributed by atoms with Crippen LogP contribution in [0.4, 0.5) is 0 Å². The molecule has 3 aromatic heterocycles. The van der Waals surface area contributed by atoms with E-state index in [4.69, 9.17) is 0 Å². The Morgan fingerprint density at radius 3 is 2.86 bits per heavy atom. The van der Waals surface area contributed by atoms with Gasteiger partial charge in [0.15, 0.2) is 4.96 Å². The molecule has 5 heterocycles. The van der Waals surface area contributed by atoms with Crippen molar-refractivity contribution in [2.24, 2.45) is 5.41 Å². The number of nitrogens with zero attached hydrogens (tertiary/aromatic N) is 5. The van der Waals surface area contributed by atoms with E-state index in [1.54, 1.807) is 22.9 Å². The van der Waals surface area contributed by atoms with E-state index in [0.29, 0.717) is 13.1 Å². The molecule has 28 heavy (non-hydrogen) atoms. The number of carbonyl (C=O) groups excluding carboxylic acids is 1. The minimum atomic E-state index is -0.295. The fourth-order valence-corrected chi connectivity index (χ4v) is 5.14. The molecule has 0 aliphatic carbocycles. The summed E-state index contributed by atoms with van der Waals surface area (Å²) < 4.78 is 1.57. The van der Waals surface area contributed by atoms with Crippen LogP contribution in [0.5, 0.6) is 0 Å². The SMILES string of the molecule is O=C1N(Cc2ccccn2)CCC12CCN(Cc1cc(=O)n3ccsc3n1)C2. The number of hydrogen-bond acceptors (Lipinski definition) is 6. The highest BCUT2D eigenvalue weighted by molar-refractivity contribution is 7.15. The first-order valence-electron chi connectivity index (χ1n) is 9.50. The van der Waals surface area contributed by atoms with E-state index < -0.39 is 0 Å². The Balaban J connectivity index is 1.28. The normalized spacial score (nSPS) is 22.7. The molecule has 144 valence electrons. The third-order valence-electron chi connectivity index (χ3n) is 5.85. The summed E-state index contributed by atoms with van der Waals surface area (Å²) in [5, 5.41) is 1.87. The van der Waals surface area contributed by atoms with Crippen molar-refractivity contribution in [1.82, 2.24) is 24.2 Å². The third-order valence-corrected chi connectivity index (χ3v) is 6.61. The van der Waals surface area contributed by atoms with E-state index in [1.807, 2.05) is 28.5 Å². The summed E-state index contributed by atoms with van der Waals surface area (Å²) in [6.07, 6.45) is 5.26. The maximum absolute atomic E-state index is 13.1. The van der Waals surface area contributed by atoms with Crippen molar-refractivity contribution < 1.29 is 4.79 Å². The van der Waals surface area contributed by atoms with E-state index in [9.17, 15) is 9.59 Å². The predicted octanol–water partition coefficient (Wildman–Crippen LogP) is 1.78. The first kappa shape index (κ1) is 17.5. The molecular formula is C20H21N5O2S. The number of likely N-dealkylation sites (tertiary alicyclic amines) is 2. The highest BCUT2D eigenvalue weighted by atomic mass is 32.1. The Labute approximate surface area is 166 Å². The fourth-order valence-electron chi connectivity index (χ4n) is 4.40. The second kappa shape index (κ2) is 6.79. The van der Waals surface area contributed by atoms with Gasteiger partial charge < -0.3 is 4.90 Å². The van der Waals surface area contributed by atoms with Gasteiger partial charge in [-0.1, -0.05) is 6.07 Å². The van der Waals surface area contributed by atoms with Crippen LogP contribution in [0.1, 0.15) is 24.2 Å². The molecule has 5 rings (SSSR count). The molecule has 7 nitrogen and oxygen atoms in total. The molecule has 1 atom stereocenters. The topological polar surface area (TPSA) is 70.8 Å². The summed E-state index contributed by atoms with van der Waals surface area (Å²) in [6, 6.07) is 7.41. The van der Waals surface area contributed by atoms with Gasteiger partial charge in [0.25, 0.3) is 5.56 Å². The highest BCUT2D eigenvalue weighted by Crippen LogP contribution is 2.41. The maximum atomic E-state index is 13.1. The number of pyridine rings is 1. The molecule has 0 radical (unpaired) electrons. The Morgan fingerprint density at radius 1 is 1.11 bits per heavy atom. The molecule has 8 heteroatoms. The summed E-state index contributed by atoms with van der Waals surface area (Å²) in [5.74, 6) is 0.238. The Morgan fingerprint density at radius 2 is 2.00 bits per heavy atom. The lowest BCUT2D eigenvalue weighted by atomic mass is 9.85. The van der Waals surface area contributed by atoms with Gasteiger partial charge in [-0.05, 0) is 31.5 Å². The average molecular weight is 395 g/mol. The second-order valence-corrected chi connectivity index (χ2v) is 8.55. The molecule has 0 saturated carbocycles. The van der Waals surface area contributed by atoms with Crippen LogP contribution in [0.15, 0.2) is 46.8 Å². The van der Waals surface area contributed by atoms with Gasteiger partial charge in [0.2, 0.25) is 5.91 Å². The van der Waals surface area contributed by atoms with Crippen molar-refractivity contribution in [2.45, 2.75) is 25.9 Å². The monoisotopic (exact) mass is 395 g/mol. The molecule has 2 fully saturated rings. The minimum absolute atomic E-state index is 0.0476. The van der Waals surface area contributed by atoms with Crippen LogP contribution < -0.4 is 5.56 Å². The molecule has 0 N–H and O–H groups in total. The lowest BCUT2D eigenvalue weighted by Gasteiger charge is -2.23. The van der Waals surface area contributed by atoms with Gasteiger partial charge in [-0.15, -0.1) is 11.3 Å². The van der Waals surface area contributed by atoms with E-state index in [2.05, 4.69) is 14.9 Å². The van der Waals surface area contributed by atoms with Crippen molar-refractivity contribution in [3.8, 4) is 0 Å². The van der Waals surface area contributed by atoms with E-state index in [1.165, 1.54) is 11.3 Å². The van der Waals surface area contributed by atoms with Crippen LogP contribution in [0.2, 0.25) is 0 Å². The van der Waals surface area contributed by atoms with Crippen molar-refractivity contribution in [1.29, 1.82) is 0 Å². The fraction of sp³-hybridized carbons (Fsp3) is 0.400. The van der Waals surface area contributed by atoms with Crippen molar-refractivity contribution in [3.63, 3.8) is 0 Å². The molecule has 1 unspecified atom stereocenters. The minimum Gasteiger partial charge on any atom is -0.336 e. The molecule has 1 spiro atoms. The van der Waals surface area contributed by atoms with Gasteiger partial charge in [0, 0.05) is 43.5 Å². The first-order valence-corrected chi connectivity index (χ1v) is 10.4. The highest BCUT2D eigenvalue weighted by Gasteiger charge is 2.50. The third kappa shape index (κ3) is 3.02. The molecule has 2 saturated heterocycles. The van der Waals surface area contributed by atoms with Crippen LogP contribution in [-0.4, -0.2) is 49.7 Å². The summed E-state index contributed by atoms with van der Waals surface area (Å²) in [4.78, 5) is 39.2. The Hall–Kier alpha value is -2.58. The van der Waals surface area contributed by atoms with Gasteiger partial charge in [-0.2, -0.15) is 0 Å². The van der Waals surface area contributed by atoms with Crippen molar-refractivity contribution in [3.05, 3.63) is 63.8 Å². The van der Waals surface area contributed by atoms with Gasteiger partial charge in [-0.3, -0.25) is 23.9 Å². The van der Waals surface area contributed by atoms with E-state index in [0.717, 1.165) is 48.8 Å². The Kier molecular flexibility index (Phi) is 4.25. The van der Waals surface area contributed by atoms with Crippen LogP contribution in [-0.2, 0) is 17.9 Å². The standard InChI is InChI=1S/C20H21N5O2S/c26-17-11-16(22-19-25(17)9-10-28-19)12-23-7-4-20(14-23)5-8-24(18(20)27)13-15-3-1-2-6-21-15/h1-3,6,9-11H,4-5,7-8,12-14H2. The lowest BCUT2D eigenvalue weighted by Crippen LogP contribution is -2.36. The van der Waals surface area contributed by atoms with Crippen molar-refractivity contribution in [2.75, 3.05) is 19.6 Å². The molecule has 1 amide bonds. The molecule has 3 aromatic rings. The van der Waals surface area contributed by atoms with Crippen molar-refractivity contribution >= 4 is 22.2 Å². The molecular weight excluding hydrogens is 374 g/mol. The van der Waals surface area contributed by atoms with Gasteiger partial charge in [0.1, 0.15) is 0 Å². The number of thiazole rings is 1. The lowest BCUT2D eigenvalue weighted by molar-refractivity contribution is -0.136. The van der Waals surface area contributed by atoms with Gasteiger partial charge in [-0.25, -0.2) is 4.98 Å². The second-order valence-electron chi connectivity index (χ2n) is 7.68. The quantitative estimate of drug-likeness (QED) is 0.673. The smallest absolute Gasteiger partial charge is 0.258 e. The van der Waals surface area contributed by atoms with Gasteiger partial charge >= 0.3 is 0 Å². The van der Waals surface area contributed by atoms with Crippen LogP contribution in [0.3, 0.4) is 0 Å². The zero-order valence-corrected chi connectivity index (χ0v) is 16.3. The van der Waals surface area contributed by atoms with E-state index in [-0.39, 0.29) is 16.9 Å². The number of aromatic nitrogens is 3. The molecule has 0 bridgehead atoms. The number of amides is 1. The molecule has 2 aliphatic rings. The summed E-state index contributed by atoms with van der Waals surface area (Å²) in [7, 11) is 0. The number of hydrogen-bond donors (Lipinski definition) is 0. The summed E-state index contributed by atoms with van der Waals surface area (Å²) in [5.41, 5.74) is 1.36. The summed E-state index contributed by atoms with van der Waals surface area (Å²) in [6.45, 7) is 3.56. The predicted molar refractivity (Wildman–Crippen MR) is 106 cm³/mol. The number of rotatable bonds is 4. The van der Waals surface area contributed by atoms with E-state index >= 15 is 0 Å².